The van der Waals surface area contributed by atoms with Crippen molar-refractivity contribution in [2.75, 3.05) is 20.8 Å². The Bertz CT molecular complexity index is 393. The second-order valence-corrected chi connectivity index (χ2v) is 3.88. The fourth-order valence-corrected chi connectivity index (χ4v) is 1.56. The Morgan fingerprint density at radius 2 is 2.06 bits per heavy atom. The van der Waals surface area contributed by atoms with Gasteiger partial charge in [-0.25, -0.2) is 0 Å². The van der Waals surface area contributed by atoms with Gasteiger partial charge in [0.05, 0.1) is 4.92 Å². The Kier molecular flexibility index (Phi) is 5.70. The third-order valence-electron chi connectivity index (χ3n) is 2.70. The molecular formula is C12H18N2O4. The summed E-state index contributed by atoms with van der Waals surface area (Å²) in [5, 5.41) is 13.9. The molecule has 0 bridgehead atoms. The first-order chi connectivity index (χ1) is 8.58. The summed E-state index contributed by atoms with van der Waals surface area (Å²) >= 11 is 0. The van der Waals surface area contributed by atoms with E-state index in [0.717, 1.165) is 5.56 Å². The lowest BCUT2D eigenvalue weighted by atomic mass is 10.1. The van der Waals surface area contributed by atoms with Gasteiger partial charge in [-0.2, -0.15) is 0 Å². The molecule has 0 fully saturated rings. The maximum absolute atomic E-state index is 10.7. The van der Waals surface area contributed by atoms with Gasteiger partial charge in [0.25, 0.3) is 5.69 Å². The molecule has 1 aromatic rings. The summed E-state index contributed by atoms with van der Waals surface area (Å²) in [4.78, 5) is 10.3. The van der Waals surface area contributed by atoms with Crippen LogP contribution in [-0.2, 0) is 9.47 Å². The van der Waals surface area contributed by atoms with E-state index in [9.17, 15) is 10.1 Å². The molecular weight excluding hydrogens is 236 g/mol. The third-order valence-corrected chi connectivity index (χ3v) is 2.70. The summed E-state index contributed by atoms with van der Waals surface area (Å²) in [6, 6.07) is 6.54. The van der Waals surface area contributed by atoms with Gasteiger partial charge in [0.15, 0.2) is 6.29 Å². The van der Waals surface area contributed by atoms with Crippen LogP contribution in [-0.4, -0.2) is 32.0 Å². The predicted octanol–water partition coefficient (Wildman–Crippen LogP) is 1.86. The predicted molar refractivity (Wildman–Crippen MR) is 67.3 cm³/mol. The number of ether oxygens (including phenoxy) is 2. The molecule has 0 saturated carbocycles. The van der Waals surface area contributed by atoms with E-state index in [1.807, 2.05) is 13.0 Å². The zero-order chi connectivity index (χ0) is 13.5. The van der Waals surface area contributed by atoms with Crippen molar-refractivity contribution < 1.29 is 14.4 Å². The van der Waals surface area contributed by atoms with Gasteiger partial charge < -0.3 is 14.8 Å². The van der Waals surface area contributed by atoms with E-state index in [1.165, 1.54) is 6.07 Å². The van der Waals surface area contributed by atoms with Gasteiger partial charge in [0, 0.05) is 38.9 Å². The number of nitro benzene ring substituents is 1. The highest BCUT2D eigenvalue weighted by atomic mass is 16.7. The monoisotopic (exact) mass is 254 g/mol. The fraction of sp³-hybridized carbons (Fsp3) is 0.500. The van der Waals surface area contributed by atoms with E-state index in [4.69, 9.17) is 9.47 Å². The molecule has 1 N–H and O–H groups in total. The van der Waals surface area contributed by atoms with E-state index in [1.54, 1.807) is 26.4 Å². The van der Waals surface area contributed by atoms with Crippen molar-refractivity contribution >= 4 is 5.69 Å². The second-order valence-electron chi connectivity index (χ2n) is 3.88. The topological polar surface area (TPSA) is 73.6 Å². The number of nitro groups is 1. The molecule has 0 amide bonds. The number of rotatable bonds is 7. The molecule has 100 valence electrons. The summed E-state index contributed by atoms with van der Waals surface area (Å²) in [6.07, 6.45) is -0.328. The van der Waals surface area contributed by atoms with Crippen LogP contribution in [0.15, 0.2) is 24.3 Å². The summed E-state index contributed by atoms with van der Waals surface area (Å²) in [6.45, 7) is 2.44. The minimum Gasteiger partial charge on any atom is -0.355 e. The molecule has 0 saturated heterocycles. The molecule has 0 aliphatic heterocycles. The Labute approximate surface area is 106 Å². The Balaban J connectivity index is 2.63. The standard InChI is InChI=1S/C12H18N2O4/c1-9(13-8-12(17-2)18-3)10-5-4-6-11(7-10)14(15)16/h4-7,9,12-13H,8H2,1-3H3. The molecule has 6 nitrogen and oxygen atoms in total. The maximum atomic E-state index is 10.7. The number of methoxy groups -OCH3 is 2. The van der Waals surface area contributed by atoms with Gasteiger partial charge in [-0.05, 0) is 12.5 Å². The normalized spacial score (nSPS) is 12.7. The molecule has 1 atom stereocenters. The Morgan fingerprint density at radius 3 is 2.61 bits per heavy atom. The molecule has 0 aliphatic rings. The molecule has 1 aromatic carbocycles. The number of hydrogen-bond donors (Lipinski definition) is 1. The molecule has 0 aliphatic carbocycles. The van der Waals surface area contributed by atoms with Gasteiger partial charge in [-0.1, -0.05) is 12.1 Å². The number of nitrogens with one attached hydrogen (secondary N) is 1. The molecule has 1 unspecified atom stereocenters. The fourth-order valence-electron chi connectivity index (χ4n) is 1.56. The van der Waals surface area contributed by atoms with E-state index in [-0.39, 0.29) is 18.0 Å². The average molecular weight is 254 g/mol. The van der Waals surface area contributed by atoms with Gasteiger partial charge in [0.2, 0.25) is 0 Å². The molecule has 0 aromatic heterocycles. The third kappa shape index (κ3) is 4.06. The first-order valence-corrected chi connectivity index (χ1v) is 5.61. The van der Waals surface area contributed by atoms with Crippen LogP contribution < -0.4 is 5.32 Å². The quantitative estimate of drug-likeness (QED) is 0.457. The van der Waals surface area contributed by atoms with Gasteiger partial charge in [-0.15, -0.1) is 0 Å². The molecule has 0 spiro atoms. The maximum Gasteiger partial charge on any atom is 0.269 e. The Hall–Kier alpha value is -1.50. The van der Waals surface area contributed by atoms with Crippen LogP contribution in [0.2, 0.25) is 0 Å². The number of hydrogen-bond acceptors (Lipinski definition) is 5. The van der Waals surface area contributed by atoms with Gasteiger partial charge in [-0.3, -0.25) is 10.1 Å². The largest absolute Gasteiger partial charge is 0.355 e. The number of benzene rings is 1. The van der Waals surface area contributed by atoms with Crippen molar-refractivity contribution in [2.24, 2.45) is 0 Å². The molecule has 18 heavy (non-hydrogen) atoms. The number of nitrogens with zero attached hydrogens (tertiary/aromatic N) is 1. The smallest absolute Gasteiger partial charge is 0.269 e. The van der Waals surface area contributed by atoms with Crippen molar-refractivity contribution in [3.05, 3.63) is 39.9 Å². The van der Waals surface area contributed by atoms with Crippen LogP contribution in [0.1, 0.15) is 18.5 Å². The lowest BCUT2D eigenvalue weighted by molar-refractivity contribution is -0.384. The first kappa shape index (κ1) is 14.6. The van der Waals surface area contributed by atoms with Crippen LogP contribution in [0.3, 0.4) is 0 Å². The highest BCUT2D eigenvalue weighted by Crippen LogP contribution is 2.18. The summed E-state index contributed by atoms with van der Waals surface area (Å²) in [5.74, 6) is 0. The van der Waals surface area contributed by atoms with Gasteiger partial charge >= 0.3 is 0 Å². The highest BCUT2D eigenvalue weighted by Gasteiger charge is 2.12. The number of non-ortho nitro benzene ring substituents is 1. The molecule has 0 radical (unpaired) electrons. The average Bonchev–Trinajstić information content (AvgIpc) is 2.39. The highest BCUT2D eigenvalue weighted by molar-refractivity contribution is 5.35. The molecule has 0 heterocycles. The van der Waals surface area contributed by atoms with E-state index in [2.05, 4.69) is 5.32 Å². The van der Waals surface area contributed by atoms with Crippen molar-refractivity contribution in [2.45, 2.75) is 19.3 Å². The van der Waals surface area contributed by atoms with Crippen LogP contribution in [0.4, 0.5) is 5.69 Å². The van der Waals surface area contributed by atoms with Crippen LogP contribution in [0.25, 0.3) is 0 Å². The van der Waals surface area contributed by atoms with Crippen molar-refractivity contribution in [3.8, 4) is 0 Å². The Morgan fingerprint density at radius 1 is 1.39 bits per heavy atom. The van der Waals surface area contributed by atoms with Crippen molar-refractivity contribution in [3.63, 3.8) is 0 Å². The second kappa shape index (κ2) is 7.05. The lowest BCUT2D eigenvalue weighted by Crippen LogP contribution is -2.31. The first-order valence-electron chi connectivity index (χ1n) is 5.61. The van der Waals surface area contributed by atoms with E-state index < -0.39 is 4.92 Å². The van der Waals surface area contributed by atoms with Crippen LogP contribution >= 0.6 is 0 Å². The minimum absolute atomic E-state index is 0.0160. The van der Waals surface area contributed by atoms with E-state index >= 15 is 0 Å². The zero-order valence-electron chi connectivity index (χ0n) is 10.8. The minimum atomic E-state index is -0.399. The van der Waals surface area contributed by atoms with Gasteiger partial charge in [0.1, 0.15) is 0 Å². The summed E-state index contributed by atoms with van der Waals surface area (Å²) in [5.41, 5.74) is 0.950. The molecule has 1 rings (SSSR count). The van der Waals surface area contributed by atoms with E-state index in [0.29, 0.717) is 6.54 Å². The van der Waals surface area contributed by atoms with Crippen molar-refractivity contribution in [1.82, 2.24) is 5.32 Å². The van der Waals surface area contributed by atoms with Crippen LogP contribution in [0.5, 0.6) is 0 Å². The summed E-state index contributed by atoms with van der Waals surface area (Å²) < 4.78 is 10.1. The molecule has 6 heteroatoms. The van der Waals surface area contributed by atoms with Crippen molar-refractivity contribution in [1.29, 1.82) is 0 Å². The SMILES string of the molecule is COC(CNC(C)c1cccc([N+](=O)[O-])c1)OC. The summed E-state index contributed by atoms with van der Waals surface area (Å²) in [7, 11) is 3.13. The zero-order valence-corrected chi connectivity index (χ0v) is 10.8. The lowest BCUT2D eigenvalue weighted by Gasteiger charge is -2.18. The van der Waals surface area contributed by atoms with Crippen LogP contribution in [0, 0.1) is 10.1 Å².